The third-order valence-corrected chi connectivity index (χ3v) is 4.78. The fourth-order valence-electron chi connectivity index (χ4n) is 2.28. The maximum Gasteiger partial charge on any atom is 0.341 e. The SMILES string of the molecule is COC(=O)CCCNC(=S)Nc1scc(-c2ccc(F)cc2)c1C(=O)OC. The van der Waals surface area contributed by atoms with Crippen LogP contribution < -0.4 is 10.6 Å². The highest BCUT2D eigenvalue weighted by atomic mass is 32.1. The molecule has 2 aromatic rings. The normalized spacial score (nSPS) is 10.2. The summed E-state index contributed by atoms with van der Waals surface area (Å²) in [7, 11) is 2.63. The van der Waals surface area contributed by atoms with Crippen LogP contribution >= 0.6 is 23.6 Å². The molecule has 2 rings (SSSR count). The molecule has 0 aliphatic carbocycles. The first-order valence-electron chi connectivity index (χ1n) is 8.03. The van der Waals surface area contributed by atoms with Gasteiger partial charge in [-0.2, -0.15) is 0 Å². The Morgan fingerprint density at radius 3 is 2.52 bits per heavy atom. The molecule has 2 N–H and O–H groups in total. The molecule has 0 atom stereocenters. The lowest BCUT2D eigenvalue weighted by molar-refractivity contribution is -0.140. The van der Waals surface area contributed by atoms with Crippen molar-refractivity contribution in [3.8, 4) is 11.1 Å². The minimum atomic E-state index is -0.522. The molecule has 0 aliphatic heterocycles. The Morgan fingerprint density at radius 1 is 1.19 bits per heavy atom. The van der Waals surface area contributed by atoms with Gasteiger partial charge in [-0.1, -0.05) is 12.1 Å². The van der Waals surface area contributed by atoms with Gasteiger partial charge < -0.3 is 20.1 Å². The zero-order valence-electron chi connectivity index (χ0n) is 14.8. The van der Waals surface area contributed by atoms with E-state index in [0.29, 0.717) is 39.8 Å². The van der Waals surface area contributed by atoms with Crippen molar-refractivity contribution in [2.45, 2.75) is 12.8 Å². The molecule has 0 bridgehead atoms. The van der Waals surface area contributed by atoms with E-state index in [0.717, 1.165) is 0 Å². The number of halogens is 1. The number of carbonyl (C=O) groups is 2. The summed E-state index contributed by atoms with van der Waals surface area (Å²) in [6.45, 7) is 0.477. The molecule has 27 heavy (non-hydrogen) atoms. The highest BCUT2D eigenvalue weighted by molar-refractivity contribution is 7.80. The van der Waals surface area contributed by atoms with Gasteiger partial charge in [-0.05, 0) is 36.3 Å². The van der Waals surface area contributed by atoms with E-state index in [9.17, 15) is 14.0 Å². The van der Waals surface area contributed by atoms with E-state index >= 15 is 0 Å². The second-order valence-electron chi connectivity index (χ2n) is 5.41. The summed E-state index contributed by atoms with van der Waals surface area (Å²) >= 11 is 6.52. The fourth-order valence-corrected chi connectivity index (χ4v) is 3.51. The number of esters is 2. The topological polar surface area (TPSA) is 76.7 Å². The predicted molar refractivity (Wildman–Crippen MR) is 107 cm³/mol. The van der Waals surface area contributed by atoms with Crippen LogP contribution in [0, 0.1) is 5.82 Å². The van der Waals surface area contributed by atoms with Crippen LogP contribution in [0.3, 0.4) is 0 Å². The van der Waals surface area contributed by atoms with E-state index < -0.39 is 5.97 Å². The molecule has 0 spiro atoms. The van der Waals surface area contributed by atoms with Gasteiger partial charge in [-0.15, -0.1) is 11.3 Å². The van der Waals surface area contributed by atoms with Crippen molar-refractivity contribution in [2.75, 3.05) is 26.1 Å². The Morgan fingerprint density at radius 2 is 1.89 bits per heavy atom. The number of hydrogen-bond donors (Lipinski definition) is 2. The number of methoxy groups -OCH3 is 2. The molecule has 1 heterocycles. The van der Waals surface area contributed by atoms with Crippen LogP contribution in [0.25, 0.3) is 11.1 Å². The molecular weight excluding hydrogens is 391 g/mol. The molecule has 6 nitrogen and oxygen atoms in total. The minimum Gasteiger partial charge on any atom is -0.469 e. The van der Waals surface area contributed by atoms with Crippen molar-refractivity contribution in [1.29, 1.82) is 0 Å². The number of carbonyl (C=O) groups excluding carboxylic acids is 2. The quantitative estimate of drug-likeness (QED) is 0.410. The maximum absolute atomic E-state index is 13.2. The van der Waals surface area contributed by atoms with E-state index in [1.165, 1.54) is 37.7 Å². The average Bonchev–Trinajstić information content (AvgIpc) is 3.08. The Hall–Kier alpha value is -2.52. The van der Waals surface area contributed by atoms with Gasteiger partial charge in [-0.3, -0.25) is 4.79 Å². The molecule has 1 aromatic carbocycles. The highest BCUT2D eigenvalue weighted by Gasteiger charge is 2.21. The van der Waals surface area contributed by atoms with Gasteiger partial charge in [0, 0.05) is 23.9 Å². The van der Waals surface area contributed by atoms with Gasteiger partial charge in [0.05, 0.1) is 14.2 Å². The van der Waals surface area contributed by atoms with Crippen LogP contribution in [0.5, 0.6) is 0 Å². The molecule has 0 unspecified atom stereocenters. The van der Waals surface area contributed by atoms with Gasteiger partial charge >= 0.3 is 11.9 Å². The number of thiocarbonyl (C=S) groups is 1. The number of nitrogens with one attached hydrogen (secondary N) is 2. The van der Waals surface area contributed by atoms with Gasteiger partial charge in [0.15, 0.2) is 5.11 Å². The maximum atomic E-state index is 13.2. The zero-order chi connectivity index (χ0) is 19.8. The lowest BCUT2D eigenvalue weighted by Gasteiger charge is -2.11. The smallest absolute Gasteiger partial charge is 0.341 e. The second-order valence-corrected chi connectivity index (χ2v) is 6.70. The van der Waals surface area contributed by atoms with Gasteiger partial charge in [0.1, 0.15) is 16.4 Å². The van der Waals surface area contributed by atoms with Crippen molar-refractivity contribution in [1.82, 2.24) is 5.32 Å². The molecule has 0 amide bonds. The lowest BCUT2D eigenvalue weighted by atomic mass is 10.0. The number of anilines is 1. The van der Waals surface area contributed by atoms with Crippen molar-refractivity contribution in [3.63, 3.8) is 0 Å². The highest BCUT2D eigenvalue weighted by Crippen LogP contribution is 2.36. The number of hydrogen-bond acceptors (Lipinski definition) is 6. The Kier molecular flexibility index (Phi) is 7.68. The summed E-state index contributed by atoms with van der Waals surface area (Å²) in [6.07, 6.45) is 0.844. The van der Waals surface area contributed by atoms with E-state index in [2.05, 4.69) is 15.4 Å². The van der Waals surface area contributed by atoms with Crippen LogP contribution in [-0.2, 0) is 14.3 Å². The molecule has 1 aromatic heterocycles. The lowest BCUT2D eigenvalue weighted by Crippen LogP contribution is -2.29. The number of rotatable bonds is 7. The van der Waals surface area contributed by atoms with Crippen molar-refractivity contribution < 1.29 is 23.5 Å². The van der Waals surface area contributed by atoms with Gasteiger partial charge in [0.25, 0.3) is 0 Å². The van der Waals surface area contributed by atoms with Crippen LogP contribution in [0.2, 0.25) is 0 Å². The summed E-state index contributed by atoms with van der Waals surface area (Å²) in [6, 6.07) is 5.84. The summed E-state index contributed by atoms with van der Waals surface area (Å²) in [5, 5.41) is 8.56. The Balaban J connectivity index is 2.10. The molecule has 0 saturated heterocycles. The minimum absolute atomic E-state index is 0.285. The Labute approximate surface area is 165 Å². The third kappa shape index (κ3) is 5.73. The van der Waals surface area contributed by atoms with Crippen LogP contribution in [0.4, 0.5) is 9.39 Å². The summed E-state index contributed by atoms with van der Waals surface area (Å²) in [4.78, 5) is 23.3. The van der Waals surface area contributed by atoms with E-state index in [-0.39, 0.29) is 18.2 Å². The zero-order valence-corrected chi connectivity index (χ0v) is 16.5. The van der Waals surface area contributed by atoms with Gasteiger partial charge in [0.2, 0.25) is 0 Å². The first-order valence-corrected chi connectivity index (χ1v) is 9.32. The van der Waals surface area contributed by atoms with E-state index in [1.807, 2.05) is 0 Å². The van der Waals surface area contributed by atoms with Crippen molar-refractivity contribution >= 4 is 45.6 Å². The van der Waals surface area contributed by atoms with Crippen LogP contribution in [0.1, 0.15) is 23.2 Å². The number of ether oxygens (including phenoxy) is 2. The molecule has 0 radical (unpaired) electrons. The predicted octanol–water partition coefficient (Wildman–Crippen LogP) is 3.58. The largest absolute Gasteiger partial charge is 0.469 e. The third-order valence-electron chi connectivity index (χ3n) is 3.63. The molecule has 0 fully saturated rings. The average molecular weight is 410 g/mol. The molecular formula is C18H19FN2O4S2. The first kappa shape index (κ1) is 20.8. The molecule has 0 aliphatic rings. The van der Waals surface area contributed by atoms with Crippen LogP contribution in [-0.4, -0.2) is 37.8 Å². The monoisotopic (exact) mass is 410 g/mol. The Bertz CT molecular complexity index is 821. The summed E-state index contributed by atoms with van der Waals surface area (Å²) in [5.41, 5.74) is 1.65. The van der Waals surface area contributed by atoms with Crippen molar-refractivity contribution in [2.24, 2.45) is 0 Å². The standard InChI is InChI=1S/C18H19FN2O4S2/c1-24-14(22)4-3-9-20-18(26)21-16-15(17(23)25-2)13(10-27-16)11-5-7-12(19)8-6-11/h5-8,10H,3-4,9H2,1-2H3,(H2,20,21,26). The van der Waals surface area contributed by atoms with Gasteiger partial charge in [-0.25, -0.2) is 9.18 Å². The van der Waals surface area contributed by atoms with E-state index in [1.54, 1.807) is 17.5 Å². The molecule has 0 saturated carbocycles. The van der Waals surface area contributed by atoms with Crippen LogP contribution in [0.15, 0.2) is 29.6 Å². The summed E-state index contributed by atoms with van der Waals surface area (Å²) < 4.78 is 22.6. The summed E-state index contributed by atoms with van der Waals surface area (Å²) in [5.74, 6) is -1.17. The number of thiophene rings is 1. The first-order chi connectivity index (χ1) is 13.0. The number of benzene rings is 1. The fraction of sp³-hybridized carbons (Fsp3) is 0.278. The molecule has 144 valence electrons. The van der Waals surface area contributed by atoms with Crippen molar-refractivity contribution in [3.05, 3.63) is 41.0 Å². The second kappa shape index (κ2) is 9.98. The van der Waals surface area contributed by atoms with E-state index in [4.69, 9.17) is 17.0 Å². The molecule has 9 heteroatoms.